The number of hydrogen-bond donors (Lipinski definition) is 0. The van der Waals surface area contributed by atoms with Crippen molar-refractivity contribution in [3.8, 4) is 0 Å². The Bertz CT molecular complexity index is 197. The molecule has 1 saturated carbocycles. The van der Waals surface area contributed by atoms with Gasteiger partial charge in [-0.2, -0.15) is 0 Å². The second-order valence-corrected chi connectivity index (χ2v) is 4.25. The van der Waals surface area contributed by atoms with Crippen LogP contribution in [0.1, 0.15) is 38.5 Å². The number of hydrogen-bond acceptors (Lipinski definition) is 3. The maximum absolute atomic E-state index is 11.2. The van der Waals surface area contributed by atoms with Crippen molar-refractivity contribution >= 4 is 5.78 Å². The Morgan fingerprint density at radius 1 is 1.21 bits per heavy atom. The monoisotopic (exact) mass is 198 g/mol. The van der Waals surface area contributed by atoms with E-state index >= 15 is 0 Å². The summed E-state index contributed by atoms with van der Waals surface area (Å²) in [7, 11) is 0. The van der Waals surface area contributed by atoms with Gasteiger partial charge in [0, 0.05) is 12.8 Å². The Balaban J connectivity index is 1.66. The molecular weight excluding hydrogens is 180 g/mol. The molecule has 0 amide bonds. The number of ketones is 1. The minimum atomic E-state index is 0.00651. The standard InChI is InChI=1S/C11H18O3/c12-10-3-1-2-9(8-10)4-5-11-13-6-7-14-11/h9,11H,1-8H2. The first kappa shape index (κ1) is 10.1. The van der Waals surface area contributed by atoms with Gasteiger partial charge < -0.3 is 9.47 Å². The molecule has 80 valence electrons. The Labute approximate surface area is 84.8 Å². The molecule has 0 aromatic carbocycles. The van der Waals surface area contributed by atoms with Crippen LogP contribution in [0.2, 0.25) is 0 Å². The molecule has 1 saturated heterocycles. The van der Waals surface area contributed by atoms with E-state index in [0.29, 0.717) is 11.7 Å². The molecule has 1 unspecified atom stereocenters. The van der Waals surface area contributed by atoms with Crippen molar-refractivity contribution in [2.24, 2.45) is 5.92 Å². The maximum Gasteiger partial charge on any atom is 0.157 e. The fourth-order valence-corrected chi connectivity index (χ4v) is 2.31. The average molecular weight is 198 g/mol. The Morgan fingerprint density at radius 2 is 2.00 bits per heavy atom. The van der Waals surface area contributed by atoms with Crippen LogP contribution in [-0.2, 0) is 14.3 Å². The lowest BCUT2D eigenvalue weighted by Gasteiger charge is -2.21. The van der Waals surface area contributed by atoms with E-state index in [1.54, 1.807) is 0 Å². The van der Waals surface area contributed by atoms with Gasteiger partial charge in [0.05, 0.1) is 13.2 Å². The molecular formula is C11H18O3. The summed E-state index contributed by atoms with van der Waals surface area (Å²) in [6.07, 6.45) is 5.91. The summed E-state index contributed by atoms with van der Waals surface area (Å²) >= 11 is 0. The third kappa shape index (κ3) is 2.79. The van der Waals surface area contributed by atoms with Crippen LogP contribution in [0.4, 0.5) is 0 Å². The quantitative estimate of drug-likeness (QED) is 0.694. The zero-order valence-electron chi connectivity index (χ0n) is 8.54. The Hall–Kier alpha value is -0.410. The molecule has 1 aliphatic heterocycles. The highest BCUT2D eigenvalue weighted by atomic mass is 16.7. The molecule has 3 nitrogen and oxygen atoms in total. The molecule has 0 aromatic heterocycles. The Kier molecular flexibility index (Phi) is 3.54. The molecule has 2 fully saturated rings. The predicted molar refractivity (Wildman–Crippen MR) is 51.9 cm³/mol. The molecule has 0 N–H and O–H groups in total. The van der Waals surface area contributed by atoms with Crippen molar-refractivity contribution in [2.75, 3.05) is 13.2 Å². The normalized spacial score (nSPS) is 29.7. The van der Waals surface area contributed by atoms with Crippen LogP contribution in [0.25, 0.3) is 0 Å². The number of ether oxygens (including phenoxy) is 2. The van der Waals surface area contributed by atoms with E-state index in [9.17, 15) is 4.79 Å². The third-order valence-electron chi connectivity index (χ3n) is 3.09. The molecule has 1 heterocycles. The third-order valence-corrected chi connectivity index (χ3v) is 3.09. The summed E-state index contributed by atoms with van der Waals surface area (Å²) in [5, 5.41) is 0. The van der Waals surface area contributed by atoms with Gasteiger partial charge in [0.2, 0.25) is 0 Å². The predicted octanol–water partition coefficient (Wildman–Crippen LogP) is 1.90. The Morgan fingerprint density at radius 3 is 2.71 bits per heavy atom. The first-order chi connectivity index (χ1) is 6.84. The SMILES string of the molecule is O=C1CCCC(CCC2OCCO2)C1. The van der Waals surface area contributed by atoms with Crippen molar-refractivity contribution in [3.05, 3.63) is 0 Å². The smallest absolute Gasteiger partial charge is 0.157 e. The van der Waals surface area contributed by atoms with Gasteiger partial charge in [-0.3, -0.25) is 4.79 Å². The van der Waals surface area contributed by atoms with Gasteiger partial charge >= 0.3 is 0 Å². The molecule has 1 aliphatic carbocycles. The second-order valence-electron chi connectivity index (χ2n) is 4.25. The zero-order chi connectivity index (χ0) is 9.80. The molecule has 14 heavy (non-hydrogen) atoms. The first-order valence-corrected chi connectivity index (χ1v) is 5.59. The van der Waals surface area contributed by atoms with Gasteiger partial charge in [-0.05, 0) is 31.6 Å². The molecule has 0 spiro atoms. The number of carbonyl (C=O) groups is 1. The molecule has 0 aromatic rings. The topological polar surface area (TPSA) is 35.5 Å². The van der Waals surface area contributed by atoms with Gasteiger partial charge in [-0.25, -0.2) is 0 Å². The molecule has 1 atom stereocenters. The minimum Gasteiger partial charge on any atom is -0.350 e. The summed E-state index contributed by atoms with van der Waals surface area (Å²) in [5.74, 6) is 1.03. The molecule has 2 rings (SSSR count). The highest BCUT2D eigenvalue weighted by molar-refractivity contribution is 5.79. The van der Waals surface area contributed by atoms with Crippen molar-refractivity contribution in [3.63, 3.8) is 0 Å². The van der Waals surface area contributed by atoms with Crippen LogP contribution >= 0.6 is 0 Å². The summed E-state index contributed by atoms with van der Waals surface area (Å²) in [4.78, 5) is 11.2. The van der Waals surface area contributed by atoms with Crippen molar-refractivity contribution in [2.45, 2.75) is 44.8 Å². The summed E-state index contributed by atoms with van der Waals surface area (Å²) < 4.78 is 10.7. The molecule has 3 heteroatoms. The van der Waals surface area contributed by atoms with Gasteiger partial charge in [0.15, 0.2) is 6.29 Å². The van der Waals surface area contributed by atoms with E-state index in [4.69, 9.17) is 9.47 Å². The summed E-state index contributed by atoms with van der Waals surface area (Å²) in [6.45, 7) is 1.46. The maximum atomic E-state index is 11.2. The number of Topliss-reactive ketones (excluding diaryl/α,β-unsaturated/α-hetero) is 1. The van der Waals surface area contributed by atoms with Crippen LogP contribution in [0, 0.1) is 5.92 Å². The van der Waals surface area contributed by atoms with Gasteiger partial charge in [0.25, 0.3) is 0 Å². The van der Waals surface area contributed by atoms with Crippen LogP contribution < -0.4 is 0 Å². The van der Waals surface area contributed by atoms with Crippen LogP contribution in [-0.4, -0.2) is 25.3 Å². The average Bonchev–Trinajstić information content (AvgIpc) is 2.67. The van der Waals surface area contributed by atoms with E-state index in [1.807, 2.05) is 0 Å². The molecule has 2 aliphatic rings. The van der Waals surface area contributed by atoms with Crippen molar-refractivity contribution in [1.82, 2.24) is 0 Å². The minimum absolute atomic E-state index is 0.00651. The van der Waals surface area contributed by atoms with Crippen molar-refractivity contribution in [1.29, 1.82) is 0 Å². The lowest BCUT2D eigenvalue weighted by atomic mass is 9.85. The summed E-state index contributed by atoms with van der Waals surface area (Å²) in [6, 6.07) is 0. The lowest BCUT2D eigenvalue weighted by molar-refractivity contribution is -0.121. The van der Waals surface area contributed by atoms with E-state index in [1.165, 1.54) is 6.42 Å². The number of carbonyl (C=O) groups excluding carboxylic acids is 1. The van der Waals surface area contributed by atoms with E-state index in [0.717, 1.165) is 45.3 Å². The largest absolute Gasteiger partial charge is 0.350 e. The van der Waals surface area contributed by atoms with Gasteiger partial charge in [0.1, 0.15) is 5.78 Å². The highest BCUT2D eigenvalue weighted by Crippen LogP contribution is 2.26. The summed E-state index contributed by atoms with van der Waals surface area (Å²) in [5.41, 5.74) is 0. The van der Waals surface area contributed by atoms with Crippen LogP contribution in [0.5, 0.6) is 0 Å². The molecule has 0 radical (unpaired) electrons. The van der Waals surface area contributed by atoms with Gasteiger partial charge in [-0.15, -0.1) is 0 Å². The van der Waals surface area contributed by atoms with Crippen LogP contribution in [0.15, 0.2) is 0 Å². The molecule has 0 bridgehead atoms. The van der Waals surface area contributed by atoms with Gasteiger partial charge in [-0.1, -0.05) is 0 Å². The fourth-order valence-electron chi connectivity index (χ4n) is 2.31. The second kappa shape index (κ2) is 4.89. The van der Waals surface area contributed by atoms with E-state index < -0.39 is 0 Å². The van der Waals surface area contributed by atoms with Crippen LogP contribution in [0.3, 0.4) is 0 Å². The highest BCUT2D eigenvalue weighted by Gasteiger charge is 2.22. The first-order valence-electron chi connectivity index (χ1n) is 5.59. The van der Waals surface area contributed by atoms with E-state index in [2.05, 4.69) is 0 Å². The van der Waals surface area contributed by atoms with Crippen molar-refractivity contribution < 1.29 is 14.3 Å². The van der Waals surface area contributed by atoms with E-state index in [-0.39, 0.29) is 6.29 Å². The number of rotatable bonds is 3. The zero-order valence-corrected chi connectivity index (χ0v) is 8.54. The fraction of sp³-hybridized carbons (Fsp3) is 0.909. The lowest BCUT2D eigenvalue weighted by Crippen LogP contribution is -2.17.